The summed E-state index contributed by atoms with van der Waals surface area (Å²) in [7, 11) is 1.50. The minimum atomic E-state index is -0.700. The number of ether oxygens (including phenoxy) is 1. The van der Waals surface area contributed by atoms with Crippen molar-refractivity contribution in [1.29, 1.82) is 0 Å². The quantitative estimate of drug-likeness (QED) is 0.315. The van der Waals surface area contributed by atoms with Crippen LogP contribution < -0.4 is 4.74 Å². The Morgan fingerprint density at radius 2 is 2.00 bits per heavy atom. The lowest BCUT2D eigenvalue weighted by Crippen LogP contribution is -2.28. The van der Waals surface area contributed by atoms with Gasteiger partial charge in [-0.2, -0.15) is 0 Å². The number of thiophene rings is 2. The molecule has 1 aliphatic rings. The highest BCUT2D eigenvalue weighted by atomic mass is 35.5. The van der Waals surface area contributed by atoms with Crippen LogP contribution in [0.25, 0.3) is 5.76 Å². The molecule has 1 saturated heterocycles. The Labute approximate surface area is 186 Å². The standard InChI is InChI=1S/C22H18ClNO4S2/c1-12-7-9-30-21(12)18-17(19(25)13-5-6-16(28-2)15(23)10-13)20(26)22(27)24(18)11-14-4-3-8-29-14/h3-10,18,25H,11H2,1-2H3/b19-17-. The normalized spacial score (nSPS) is 18.2. The molecule has 5 nitrogen and oxygen atoms in total. The first-order valence-corrected chi connectivity index (χ1v) is 11.2. The highest BCUT2D eigenvalue weighted by molar-refractivity contribution is 7.10. The first-order valence-electron chi connectivity index (χ1n) is 9.11. The molecule has 3 heterocycles. The van der Waals surface area contributed by atoms with Crippen LogP contribution in [0.3, 0.4) is 0 Å². The van der Waals surface area contributed by atoms with Crippen molar-refractivity contribution in [2.45, 2.75) is 19.5 Å². The van der Waals surface area contributed by atoms with E-state index in [0.29, 0.717) is 22.9 Å². The Morgan fingerprint density at radius 3 is 2.60 bits per heavy atom. The van der Waals surface area contributed by atoms with Gasteiger partial charge in [0.2, 0.25) is 0 Å². The SMILES string of the molecule is COc1ccc(/C(O)=C2/C(=O)C(=O)N(Cc3cccs3)C2c2sccc2C)cc1Cl. The summed E-state index contributed by atoms with van der Waals surface area (Å²) >= 11 is 9.19. The maximum Gasteiger partial charge on any atom is 0.296 e. The summed E-state index contributed by atoms with van der Waals surface area (Å²) in [5.74, 6) is -1.11. The van der Waals surface area contributed by atoms with Crippen LogP contribution in [0.5, 0.6) is 5.75 Å². The fourth-order valence-corrected chi connectivity index (χ4v) is 5.53. The third-order valence-corrected chi connectivity index (χ3v) is 7.25. The molecule has 154 valence electrons. The molecular formula is C22H18ClNO4S2. The number of ketones is 1. The van der Waals surface area contributed by atoms with Gasteiger partial charge in [0.1, 0.15) is 17.6 Å². The fourth-order valence-electron chi connectivity index (χ4n) is 3.52. The zero-order chi connectivity index (χ0) is 21.4. The maximum absolute atomic E-state index is 13.0. The van der Waals surface area contributed by atoms with E-state index in [0.717, 1.165) is 15.3 Å². The van der Waals surface area contributed by atoms with Crippen molar-refractivity contribution in [3.05, 3.63) is 78.6 Å². The fraction of sp³-hybridized carbons (Fsp3) is 0.182. The first-order chi connectivity index (χ1) is 14.4. The molecule has 2 aromatic heterocycles. The number of benzene rings is 1. The van der Waals surface area contributed by atoms with Crippen LogP contribution in [0.1, 0.15) is 26.9 Å². The summed E-state index contributed by atoms with van der Waals surface area (Å²) < 4.78 is 5.16. The van der Waals surface area contributed by atoms with Crippen LogP contribution in [0.15, 0.2) is 52.7 Å². The zero-order valence-electron chi connectivity index (χ0n) is 16.2. The number of nitrogens with zero attached hydrogens (tertiary/aromatic N) is 1. The number of hydrogen-bond acceptors (Lipinski definition) is 6. The van der Waals surface area contributed by atoms with Crippen molar-refractivity contribution in [2.75, 3.05) is 7.11 Å². The minimum Gasteiger partial charge on any atom is -0.507 e. The molecule has 3 aromatic rings. The van der Waals surface area contributed by atoms with Crippen molar-refractivity contribution < 1.29 is 19.4 Å². The molecule has 0 bridgehead atoms. The Morgan fingerprint density at radius 1 is 1.20 bits per heavy atom. The molecule has 0 saturated carbocycles. The molecule has 0 radical (unpaired) electrons. The van der Waals surface area contributed by atoms with E-state index in [2.05, 4.69) is 0 Å². The van der Waals surface area contributed by atoms with Crippen LogP contribution in [-0.4, -0.2) is 28.8 Å². The molecule has 1 amide bonds. The lowest BCUT2D eigenvalue weighted by atomic mass is 9.98. The third kappa shape index (κ3) is 3.53. The largest absolute Gasteiger partial charge is 0.507 e. The molecule has 1 atom stereocenters. The summed E-state index contributed by atoms with van der Waals surface area (Å²) in [5.41, 5.74) is 1.39. The summed E-state index contributed by atoms with van der Waals surface area (Å²) in [5, 5.41) is 15.2. The third-order valence-electron chi connectivity index (χ3n) is 5.02. The summed E-state index contributed by atoms with van der Waals surface area (Å²) in [6, 6.07) is 9.87. The number of carbonyl (C=O) groups excluding carboxylic acids is 2. The Kier molecular flexibility index (Phi) is 5.69. The second kappa shape index (κ2) is 8.26. The number of likely N-dealkylation sites (tertiary alicyclic amines) is 1. The number of amides is 1. The monoisotopic (exact) mass is 459 g/mol. The van der Waals surface area contributed by atoms with Crippen molar-refractivity contribution in [3.8, 4) is 5.75 Å². The summed E-state index contributed by atoms with van der Waals surface area (Å²) in [6.07, 6.45) is 0. The molecule has 0 aliphatic carbocycles. The van der Waals surface area contributed by atoms with Crippen LogP contribution in [-0.2, 0) is 16.1 Å². The number of Topliss-reactive ketones (excluding diaryl/α,β-unsaturated/α-hetero) is 1. The molecule has 1 aromatic carbocycles. The van der Waals surface area contributed by atoms with Gasteiger partial charge < -0.3 is 14.7 Å². The number of aliphatic hydroxyl groups is 1. The lowest BCUT2D eigenvalue weighted by molar-refractivity contribution is -0.140. The number of methoxy groups -OCH3 is 1. The predicted molar refractivity (Wildman–Crippen MR) is 119 cm³/mol. The smallest absolute Gasteiger partial charge is 0.296 e. The van der Waals surface area contributed by atoms with E-state index >= 15 is 0 Å². The van der Waals surface area contributed by atoms with Crippen LogP contribution >= 0.6 is 34.3 Å². The highest BCUT2D eigenvalue weighted by Crippen LogP contribution is 2.44. The lowest BCUT2D eigenvalue weighted by Gasteiger charge is -2.24. The van der Waals surface area contributed by atoms with Crippen molar-refractivity contribution >= 4 is 51.7 Å². The Balaban J connectivity index is 1.87. The second-order valence-corrected chi connectivity index (χ2v) is 9.21. The van der Waals surface area contributed by atoms with Crippen molar-refractivity contribution in [1.82, 2.24) is 4.90 Å². The van der Waals surface area contributed by atoms with Gasteiger partial charge in [-0.05, 0) is 53.6 Å². The van der Waals surface area contributed by atoms with Gasteiger partial charge in [-0.3, -0.25) is 9.59 Å². The average molecular weight is 460 g/mol. The van der Waals surface area contributed by atoms with Gasteiger partial charge in [0.25, 0.3) is 11.7 Å². The van der Waals surface area contributed by atoms with E-state index in [9.17, 15) is 14.7 Å². The van der Waals surface area contributed by atoms with Gasteiger partial charge in [0.15, 0.2) is 0 Å². The van der Waals surface area contributed by atoms with E-state index in [4.69, 9.17) is 16.3 Å². The van der Waals surface area contributed by atoms with E-state index < -0.39 is 17.7 Å². The Hall–Kier alpha value is -2.61. The molecule has 1 unspecified atom stereocenters. The van der Waals surface area contributed by atoms with Crippen LogP contribution in [0.2, 0.25) is 5.02 Å². The van der Waals surface area contributed by atoms with Crippen molar-refractivity contribution in [3.63, 3.8) is 0 Å². The van der Waals surface area contributed by atoms with E-state index in [1.165, 1.54) is 40.7 Å². The number of hydrogen-bond donors (Lipinski definition) is 1. The minimum absolute atomic E-state index is 0.0725. The van der Waals surface area contributed by atoms with Gasteiger partial charge in [-0.1, -0.05) is 17.7 Å². The predicted octanol–water partition coefficient (Wildman–Crippen LogP) is 5.40. The van der Waals surface area contributed by atoms with Gasteiger partial charge in [0.05, 0.1) is 24.3 Å². The number of rotatable bonds is 5. The number of halogens is 1. The van der Waals surface area contributed by atoms with E-state index in [1.54, 1.807) is 12.1 Å². The molecule has 30 heavy (non-hydrogen) atoms. The van der Waals surface area contributed by atoms with Crippen molar-refractivity contribution in [2.24, 2.45) is 0 Å². The topological polar surface area (TPSA) is 66.8 Å². The summed E-state index contributed by atoms with van der Waals surface area (Å²) in [6.45, 7) is 2.23. The van der Waals surface area contributed by atoms with Gasteiger partial charge >= 0.3 is 0 Å². The molecule has 8 heteroatoms. The van der Waals surface area contributed by atoms with E-state index in [1.807, 2.05) is 35.9 Å². The van der Waals surface area contributed by atoms with Gasteiger partial charge in [-0.15, -0.1) is 22.7 Å². The average Bonchev–Trinajstić information content (AvgIpc) is 3.45. The molecule has 1 aliphatic heterocycles. The van der Waals surface area contributed by atoms with Gasteiger partial charge in [0, 0.05) is 15.3 Å². The second-order valence-electron chi connectivity index (χ2n) is 6.82. The molecule has 1 N–H and O–H groups in total. The molecule has 0 spiro atoms. The summed E-state index contributed by atoms with van der Waals surface area (Å²) in [4.78, 5) is 29.3. The number of carbonyl (C=O) groups is 2. The number of aryl methyl sites for hydroxylation is 1. The first kappa shape index (κ1) is 20.7. The molecule has 4 rings (SSSR count). The van der Waals surface area contributed by atoms with Crippen LogP contribution in [0.4, 0.5) is 0 Å². The van der Waals surface area contributed by atoms with Gasteiger partial charge in [-0.25, -0.2) is 0 Å². The van der Waals surface area contributed by atoms with E-state index in [-0.39, 0.29) is 11.3 Å². The highest BCUT2D eigenvalue weighted by Gasteiger charge is 2.47. The molecular weight excluding hydrogens is 442 g/mol. The van der Waals surface area contributed by atoms with Crippen LogP contribution in [0, 0.1) is 6.92 Å². The molecule has 1 fully saturated rings. The number of aliphatic hydroxyl groups excluding tert-OH is 1. The zero-order valence-corrected chi connectivity index (χ0v) is 18.6. The Bertz CT molecular complexity index is 1150. The maximum atomic E-state index is 13.0.